The molecular weight excluding hydrogens is 665 g/mol. The predicted octanol–water partition coefficient (Wildman–Crippen LogP) is 7.16. The first-order chi connectivity index (χ1) is 23.7. The minimum absolute atomic E-state index is 0.0208. The number of nitrogens with zero attached hydrogens (tertiary/aromatic N) is 2. The smallest absolute Gasteiger partial charge is 0.264 e. The highest BCUT2D eigenvalue weighted by Crippen LogP contribution is 2.28. The molecule has 258 valence electrons. The van der Waals surface area contributed by atoms with Crippen LogP contribution in [0.3, 0.4) is 0 Å². The van der Waals surface area contributed by atoms with E-state index in [1.165, 1.54) is 41.3 Å². The number of sulfonamides is 1. The fourth-order valence-corrected chi connectivity index (χ4v) is 7.66. The number of carbonyl (C=O) groups is 2. The van der Waals surface area contributed by atoms with Gasteiger partial charge in [-0.2, -0.15) is 0 Å². The highest BCUT2D eigenvalue weighted by Gasteiger charge is 2.35. The minimum Gasteiger partial charge on any atom is -0.494 e. The van der Waals surface area contributed by atoms with Gasteiger partial charge in [-0.1, -0.05) is 79.4 Å². The summed E-state index contributed by atoms with van der Waals surface area (Å²) in [5.41, 5.74) is 1.52. The van der Waals surface area contributed by atoms with Crippen LogP contribution in [0.2, 0.25) is 5.02 Å². The Kier molecular flexibility index (Phi) is 12.3. The van der Waals surface area contributed by atoms with Crippen LogP contribution in [0.15, 0.2) is 108 Å². The zero-order valence-corrected chi connectivity index (χ0v) is 29.0. The zero-order chi connectivity index (χ0) is 34.8. The van der Waals surface area contributed by atoms with Crippen molar-refractivity contribution < 1.29 is 27.1 Å². The van der Waals surface area contributed by atoms with Crippen LogP contribution in [0.4, 0.5) is 10.1 Å². The molecule has 1 atom stereocenters. The van der Waals surface area contributed by atoms with E-state index < -0.39 is 34.3 Å². The van der Waals surface area contributed by atoms with Crippen LogP contribution >= 0.6 is 11.6 Å². The van der Waals surface area contributed by atoms with Gasteiger partial charge in [0.05, 0.1) is 17.2 Å². The summed E-state index contributed by atoms with van der Waals surface area (Å²) in [6.07, 6.45) is 5.01. The minimum atomic E-state index is -4.35. The Labute approximate surface area is 292 Å². The SMILES string of the molecule is CCOc1ccc(S(=O)(=O)N(CC(=O)N(Cc2ccccc2Cl)C(Cc2ccccc2)C(=O)NC2CCCCC2)c2ccc(F)cc2)cc1. The molecule has 1 unspecified atom stereocenters. The number of nitrogens with one attached hydrogen (secondary N) is 1. The van der Waals surface area contributed by atoms with Gasteiger partial charge in [0, 0.05) is 24.0 Å². The summed E-state index contributed by atoms with van der Waals surface area (Å²) < 4.78 is 48.9. The molecule has 0 radical (unpaired) electrons. The molecule has 8 nitrogen and oxygen atoms in total. The molecule has 0 bridgehead atoms. The molecule has 11 heteroatoms. The summed E-state index contributed by atoms with van der Waals surface area (Å²) in [5.74, 6) is -1.02. The number of benzene rings is 4. The zero-order valence-electron chi connectivity index (χ0n) is 27.4. The number of ether oxygens (including phenoxy) is 1. The first-order valence-corrected chi connectivity index (χ1v) is 18.4. The van der Waals surface area contributed by atoms with Gasteiger partial charge in [0.2, 0.25) is 11.8 Å². The topological polar surface area (TPSA) is 96.0 Å². The van der Waals surface area contributed by atoms with Gasteiger partial charge in [0.25, 0.3) is 10.0 Å². The van der Waals surface area contributed by atoms with Crippen molar-refractivity contribution in [1.82, 2.24) is 10.2 Å². The molecule has 5 rings (SSSR count). The quantitative estimate of drug-likeness (QED) is 0.150. The van der Waals surface area contributed by atoms with Crippen LogP contribution < -0.4 is 14.4 Å². The van der Waals surface area contributed by atoms with Gasteiger partial charge in [0.15, 0.2) is 0 Å². The van der Waals surface area contributed by atoms with Crippen molar-refractivity contribution in [2.24, 2.45) is 0 Å². The molecule has 0 spiro atoms. The van der Waals surface area contributed by atoms with Crippen molar-refractivity contribution in [3.05, 3.63) is 125 Å². The Morgan fingerprint density at radius 2 is 1.55 bits per heavy atom. The van der Waals surface area contributed by atoms with Crippen LogP contribution in [-0.4, -0.2) is 50.4 Å². The first-order valence-electron chi connectivity index (χ1n) is 16.5. The molecule has 4 aromatic carbocycles. The Morgan fingerprint density at radius 1 is 0.898 bits per heavy atom. The lowest BCUT2D eigenvalue weighted by Crippen LogP contribution is -2.55. The molecule has 0 saturated heterocycles. The van der Waals surface area contributed by atoms with Crippen LogP contribution in [0.5, 0.6) is 5.75 Å². The van der Waals surface area contributed by atoms with Crippen molar-refractivity contribution in [2.45, 2.75) is 69.0 Å². The maximum absolute atomic E-state index is 14.7. The van der Waals surface area contributed by atoms with Crippen molar-refractivity contribution in [3.63, 3.8) is 0 Å². The normalized spacial score (nSPS) is 14.1. The number of carbonyl (C=O) groups excluding carboxylic acids is 2. The van der Waals surface area contributed by atoms with E-state index >= 15 is 0 Å². The molecule has 1 aliphatic carbocycles. The monoisotopic (exact) mass is 705 g/mol. The third kappa shape index (κ3) is 9.39. The largest absolute Gasteiger partial charge is 0.494 e. The van der Waals surface area contributed by atoms with Gasteiger partial charge in [-0.05, 0) is 85.5 Å². The average Bonchev–Trinajstić information content (AvgIpc) is 3.11. The number of hydrogen-bond acceptors (Lipinski definition) is 5. The van der Waals surface area contributed by atoms with Gasteiger partial charge < -0.3 is 15.0 Å². The number of rotatable bonds is 14. The standard InChI is InChI=1S/C38H41ClFN3O5S/c1-2-48-33-21-23-34(24-22-33)49(46,47)43(32-19-17-30(40)18-20-32)27-37(44)42(26-29-13-9-10-16-35(29)39)36(25-28-11-5-3-6-12-28)38(45)41-31-14-7-4-8-15-31/h3,5-6,9-13,16-24,31,36H,2,4,7-8,14-15,25-27H2,1H3,(H,41,45). The molecule has 0 aromatic heterocycles. The summed E-state index contributed by atoms with van der Waals surface area (Å²) in [6.45, 7) is 1.52. The van der Waals surface area contributed by atoms with Crippen LogP contribution in [0.1, 0.15) is 50.2 Å². The molecular formula is C38H41ClFN3O5S. The Morgan fingerprint density at radius 3 is 2.20 bits per heavy atom. The van der Waals surface area contributed by atoms with Gasteiger partial charge in [-0.25, -0.2) is 12.8 Å². The van der Waals surface area contributed by atoms with Gasteiger partial charge in [-0.3, -0.25) is 13.9 Å². The van der Waals surface area contributed by atoms with Crippen molar-refractivity contribution >= 4 is 39.1 Å². The van der Waals surface area contributed by atoms with Crippen molar-refractivity contribution in [3.8, 4) is 5.75 Å². The van der Waals surface area contributed by atoms with E-state index in [2.05, 4.69) is 5.32 Å². The Bertz CT molecular complexity index is 1800. The number of anilines is 1. The van der Waals surface area contributed by atoms with Gasteiger partial charge in [0.1, 0.15) is 24.2 Å². The predicted molar refractivity (Wildman–Crippen MR) is 189 cm³/mol. The maximum atomic E-state index is 14.7. The molecule has 1 N–H and O–H groups in total. The van der Waals surface area contributed by atoms with E-state index in [1.807, 2.05) is 37.3 Å². The number of amides is 2. The maximum Gasteiger partial charge on any atom is 0.264 e. The van der Waals surface area contributed by atoms with E-state index in [-0.39, 0.29) is 35.5 Å². The summed E-state index contributed by atoms with van der Waals surface area (Å²) in [5, 5.41) is 3.59. The van der Waals surface area contributed by atoms with Gasteiger partial charge >= 0.3 is 0 Å². The van der Waals surface area contributed by atoms with E-state index in [9.17, 15) is 22.4 Å². The van der Waals surface area contributed by atoms with Crippen LogP contribution in [-0.2, 0) is 32.6 Å². The summed E-state index contributed by atoms with van der Waals surface area (Å²) in [7, 11) is -4.35. The fourth-order valence-electron chi connectivity index (χ4n) is 6.05. The molecule has 1 fully saturated rings. The molecule has 2 amide bonds. The molecule has 1 aliphatic rings. The third-order valence-electron chi connectivity index (χ3n) is 8.64. The summed E-state index contributed by atoms with van der Waals surface area (Å²) >= 11 is 6.59. The summed E-state index contributed by atoms with van der Waals surface area (Å²) in [4.78, 5) is 30.2. The molecule has 49 heavy (non-hydrogen) atoms. The third-order valence-corrected chi connectivity index (χ3v) is 10.8. The molecule has 1 saturated carbocycles. The average molecular weight is 706 g/mol. The van der Waals surface area contributed by atoms with E-state index in [4.69, 9.17) is 16.3 Å². The van der Waals surface area contributed by atoms with E-state index in [0.717, 1.165) is 54.1 Å². The fraction of sp³-hybridized carbons (Fsp3) is 0.316. The highest BCUT2D eigenvalue weighted by molar-refractivity contribution is 7.92. The molecule has 0 aliphatic heterocycles. The molecule has 0 heterocycles. The lowest BCUT2D eigenvalue weighted by Gasteiger charge is -2.35. The second kappa shape index (κ2) is 16.8. The Hall–Kier alpha value is -4.41. The van der Waals surface area contributed by atoms with Crippen LogP contribution in [0, 0.1) is 5.82 Å². The first kappa shape index (κ1) is 35.9. The number of hydrogen-bond donors (Lipinski definition) is 1. The summed E-state index contributed by atoms with van der Waals surface area (Å²) in [6, 6.07) is 26.2. The van der Waals surface area contributed by atoms with Crippen molar-refractivity contribution in [2.75, 3.05) is 17.5 Å². The highest BCUT2D eigenvalue weighted by atomic mass is 35.5. The Balaban J connectivity index is 1.56. The van der Waals surface area contributed by atoms with Gasteiger partial charge in [-0.15, -0.1) is 0 Å². The molecule has 4 aromatic rings. The van der Waals surface area contributed by atoms with Crippen molar-refractivity contribution in [1.29, 1.82) is 0 Å². The lowest BCUT2D eigenvalue weighted by atomic mass is 9.94. The van der Waals surface area contributed by atoms with Crippen LogP contribution in [0.25, 0.3) is 0 Å². The lowest BCUT2D eigenvalue weighted by molar-refractivity contribution is -0.140. The second-order valence-corrected chi connectivity index (χ2v) is 14.3. The number of halogens is 2. The van der Waals surface area contributed by atoms with E-state index in [0.29, 0.717) is 22.9 Å². The van der Waals surface area contributed by atoms with E-state index in [1.54, 1.807) is 24.3 Å². The second-order valence-electron chi connectivity index (χ2n) is 12.1.